The van der Waals surface area contributed by atoms with Crippen molar-refractivity contribution in [2.24, 2.45) is 5.41 Å². The Morgan fingerprint density at radius 1 is 1.48 bits per heavy atom. The zero-order valence-electron chi connectivity index (χ0n) is 12.6. The summed E-state index contributed by atoms with van der Waals surface area (Å²) in [5.41, 5.74) is -0.276. The summed E-state index contributed by atoms with van der Waals surface area (Å²) in [4.78, 5) is 10.0. The first kappa shape index (κ1) is 15.7. The largest absolute Gasteiger partial charge is 0.487 e. The third-order valence-electron chi connectivity index (χ3n) is 4.85. The van der Waals surface area contributed by atoms with Gasteiger partial charge < -0.3 is 10.1 Å². The number of benzene rings is 1. The number of nitrogens with one attached hydrogen (secondary N) is 1. The number of nitro groups is 1. The van der Waals surface area contributed by atoms with Crippen molar-refractivity contribution in [3.8, 4) is 5.75 Å². The van der Waals surface area contributed by atoms with E-state index in [2.05, 4.69) is 19.2 Å². The van der Waals surface area contributed by atoms with Gasteiger partial charge in [0.25, 0.3) is 5.69 Å². The lowest BCUT2D eigenvalue weighted by molar-refractivity contribution is -0.385. The van der Waals surface area contributed by atoms with Crippen LogP contribution in [0.5, 0.6) is 5.75 Å². The van der Waals surface area contributed by atoms with E-state index in [1.165, 1.54) is 12.1 Å². The Balaban J connectivity index is 2.17. The predicted octanol–water partition coefficient (Wildman–Crippen LogP) is 3.28. The zero-order chi connectivity index (χ0) is 15.6. The summed E-state index contributed by atoms with van der Waals surface area (Å²) < 4.78 is 19.7. The highest BCUT2D eigenvalue weighted by atomic mass is 19.1. The Bertz CT molecular complexity index is 532. The van der Waals surface area contributed by atoms with Gasteiger partial charge >= 0.3 is 0 Å². The summed E-state index contributed by atoms with van der Waals surface area (Å²) in [6, 6.07) is 3.88. The fourth-order valence-corrected chi connectivity index (χ4v) is 3.37. The quantitative estimate of drug-likeness (QED) is 0.646. The van der Waals surface area contributed by atoms with E-state index in [4.69, 9.17) is 4.74 Å². The maximum Gasteiger partial charge on any atom is 0.272 e. The number of nitrogens with zero attached hydrogens (tertiary/aromatic N) is 1. The minimum Gasteiger partial charge on any atom is -0.487 e. The molecule has 2 rings (SSSR count). The van der Waals surface area contributed by atoms with Crippen molar-refractivity contribution in [3.63, 3.8) is 0 Å². The van der Waals surface area contributed by atoms with E-state index in [1.54, 1.807) is 0 Å². The summed E-state index contributed by atoms with van der Waals surface area (Å²) in [5, 5.41) is 13.9. The van der Waals surface area contributed by atoms with Crippen LogP contribution in [-0.4, -0.2) is 24.1 Å². The van der Waals surface area contributed by atoms with Crippen molar-refractivity contribution in [1.29, 1.82) is 0 Å². The van der Waals surface area contributed by atoms with Crippen molar-refractivity contribution in [2.75, 3.05) is 7.05 Å². The molecule has 1 aromatic carbocycles. The molecule has 1 N–H and O–H groups in total. The van der Waals surface area contributed by atoms with Crippen LogP contribution in [0.2, 0.25) is 0 Å². The van der Waals surface area contributed by atoms with E-state index in [9.17, 15) is 14.5 Å². The van der Waals surface area contributed by atoms with Crippen LogP contribution in [0, 0.1) is 21.3 Å². The van der Waals surface area contributed by atoms with Gasteiger partial charge in [-0.25, -0.2) is 4.39 Å². The van der Waals surface area contributed by atoms with Gasteiger partial charge in [0.1, 0.15) is 6.10 Å². The second kappa shape index (κ2) is 5.97. The van der Waals surface area contributed by atoms with Crippen molar-refractivity contribution >= 4 is 5.69 Å². The number of rotatable bonds is 6. The average Bonchev–Trinajstić information content (AvgIpc) is 2.45. The molecule has 0 aliphatic heterocycles. The minimum absolute atomic E-state index is 0.0109. The van der Waals surface area contributed by atoms with Crippen molar-refractivity contribution in [2.45, 2.75) is 45.3 Å². The number of hydrogen-bond acceptors (Lipinski definition) is 4. The highest BCUT2D eigenvalue weighted by Crippen LogP contribution is 2.49. The number of halogens is 1. The van der Waals surface area contributed by atoms with Crippen LogP contribution in [0.1, 0.15) is 33.1 Å². The minimum atomic E-state index is -0.682. The van der Waals surface area contributed by atoms with Crippen LogP contribution in [0.15, 0.2) is 18.2 Å². The molecule has 1 aliphatic carbocycles. The van der Waals surface area contributed by atoms with Crippen LogP contribution in [0.3, 0.4) is 0 Å². The number of nitro benzene ring substituents is 1. The lowest BCUT2D eigenvalue weighted by atomic mass is 9.58. The van der Waals surface area contributed by atoms with Gasteiger partial charge in [-0.15, -0.1) is 0 Å². The molecule has 0 amide bonds. The topological polar surface area (TPSA) is 64.4 Å². The first-order chi connectivity index (χ1) is 9.98. The monoisotopic (exact) mass is 296 g/mol. The van der Waals surface area contributed by atoms with Crippen molar-refractivity contribution in [3.05, 3.63) is 34.1 Å². The Morgan fingerprint density at radius 3 is 2.62 bits per heavy atom. The van der Waals surface area contributed by atoms with Gasteiger partial charge in [0, 0.05) is 23.9 Å². The standard InChI is InChI=1S/C15H21FN2O3/c1-4-15(5-2)13(17-3)9-14(15)21-12-7-6-10(18(19)20)8-11(12)16/h6-8,13-14,17H,4-5,9H2,1-3H3. The number of non-ortho nitro benzene ring substituents is 1. The molecule has 1 aromatic rings. The number of hydrogen-bond donors (Lipinski definition) is 1. The SMILES string of the molecule is CCC1(CC)C(NC)CC1Oc1ccc([N+](=O)[O-])cc1F. The normalized spacial score (nSPS) is 23.4. The Hall–Kier alpha value is -1.69. The van der Waals surface area contributed by atoms with Gasteiger partial charge in [0.15, 0.2) is 11.6 Å². The first-order valence-electron chi connectivity index (χ1n) is 7.26. The predicted molar refractivity (Wildman–Crippen MR) is 78.0 cm³/mol. The highest BCUT2D eigenvalue weighted by Gasteiger charge is 2.53. The molecule has 0 radical (unpaired) electrons. The maximum atomic E-state index is 13.9. The highest BCUT2D eigenvalue weighted by molar-refractivity contribution is 5.38. The molecular weight excluding hydrogens is 275 g/mol. The van der Waals surface area contributed by atoms with E-state index in [-0.39, 0.29) is 23.0 Å². The summed E-state index contributed by atoms with van der Waals surface area (Å²) in [5.74, 6) is -0.593. The molecule has 2 atom stereocenters. The molecule has 0 spiro atoms. The maximum absolute atomic E-state index is 13.9. The zero-order valence-corrected chi connectivity index (χ0v) is 12.6. The van der Waals surface area contributed by atoms with Crippen LogP contribution in [-0.2, 0) is 0 Å². The second-order valence-electron chi connectivity index (χ2n) is 5.50. The van der Waals surface area contributed by atoms with E-state index in [0.29, 0.717) is 6.04 Å². The fraction of sp³-hybridized carbons (Fsp3) is 0.600. The van der Waals surface area contributed by atoms with Crippen molar-refractivity contribution in [1.82, 2.24) is 5.32 Å². The van der Waals surface area contributed by atoms with E-state index < -0.39 is 10.7 Å². The molecule has 0 heterocycles. The smallest absolute Gasteiger partial charge is 0.272 e. The lowest BCUT2D eigenvalue weighted by Gasteiger charge is -2.55. The molecule has 1 aliphatic rings. The molecule has 6 heteroatoms. The molecule has 21 heavy (non-hydrogen) atoms. The summed E-state index contributed by atoms with van der Waals surface area (Å²) in [6.07, 6.45) is 2.62. The Morgan fingerprint density at radius 2 is 2.14 bits per heavy atom. The van der Waals surface area contributed by atoms with E-state index in [0.717, 1.165) is 25.3 Å². The second-order valence-corrected chi connectivity index (χ2v) is 5.50. The third-order valence-corrected chi connectivity index (χ3v) is 4.85. The van der Waals surface area contributed by atoms with Gasteiger partial charge in [-0.3, -0.25) is 10.1 Å². The lowest BCUT2D eigenvalue weighted by Crippen LogP contribution is -2.63. The Labute approximate surface area is 123 Å². The summed E-state index contributed by atoms with van der Waals surface area (Å²) in [7, 11) is 1.92. The molecule has 0 saturated heterocycles. The molecule has 1 fully saturated rings. The Kier molecular flexibility index (Phi) is 4.46. The van der Waals surface area contributed by atoms with Crippen LogP contribution in [0.4, 0.5) is 10.1 Å². The fourth-order valence-electron chi connectivity index (χ4n) is 3.37. The third kappa shape index (κ3) is 2.60. The first-order valence-corrected chi connectivity index (χ1v) is 7.26. The number of ether oxygens (including phenoxy) is 1. The molecular formula is C15H21FN2O3. The van der Waals surface area contributed by atoms with Gasteiger partial charge in [-0.1, -0.05) is 13.8 Å². The molecule has 0 aromatic heterocycles. The van der Waals surface area contributed by atoms with Gasteiger partial charge in [0.2, 0.25) is 0 Å². The van der Waals surface area contributed by atoms with Crippen LogP contribution < -0.4 is 10.1 Å². The summed E-state index contributed by atoms with van der Waals surface area (Å²) >= 11 is 0. The van der Waals surface area contributed by atoms with Gasteiger partial charge in [-0.2, -0.15) is 0 Å². The molecule has 1 saturated carbocycles. The molecule has 0 bridgehead atoms. The molecule has 2 unspecified atom stereocenters. The van der Waals surface area contributed by atoms with Crippen LogP contribution >= 0.6 is 0 Å². The van der Waals surface area contributed by atoms with E-state index >= 15 is 0 Å². The molecule has 5 nitrogen and oxygen atoms in total. The van der Waals surface area contributed by atoms with Gasteiger partial charge in [0.05, 0.1) is 11.0 Å². The van der Waals surface area contributed by atoms with Gasteiger partial charge in [-0.05, 0) is 26.0 Å². The average molecular weight is 296 g/mol. The van der Waals surface area contributed by atoms with Crippen LogP contribution in [0.25, 0.3) is 0 Å². The van der Waals surface area contributed by atoms with E-state index in [1.807, 2.05) is 7.05 Å². The summed E-state index contributed by atoms with van der Waals surface area (Å²) in [6.45, 7) is 4.21. The molecule has 116 valence electrons. The van der Waals surface area contributed by atoms with Crippen molar-refractivity contribution < 1.29 is 14.1 Å².